The maximum Gasteiger partial charge on any atom is 0.150 e. The van der Waals surface area contributed by atoms with E-state index in [2.05, 4.69) is 39.1 Å². The molecule has 0 radical (unpaired) electrons. The predicted molar refractivity (Wildman–Crippen MR) is 86.0 cm³/mol. The van der Waals surface area contributed by atoms with Crippen molar-refractivity contribution in [2.45, 2.75) is 51.7 Å². The molecule has 0 bridgehead atoms. The van der Waals surface area contributed by atoms with Crippen molar-refractivity contribution in [2.75, 3.05) is 7.11 Å². The summed E-state index contributed by atoms with van der Waals surface area (Å²) in [5, 5.41) is 12.3. The topological polar surface area (TPSA) is 52.0 Å². The van der Waals surface area contributed by atoms with Crippen LogP contribution in [0.25, 0.3) is 0 Å². The van der Waals surface area contributed by atoms with Crippen LogP contribution < -0.4 is 10.1 Å². The van der Waals surface area contributed by atoms with E-state index in [0.717, 1.165) is 36.8 Å². The van der Waals surface area contributed by atoms with Gasteiger partial charge < -0.3 is 14.6 Å². The first-order valence-electron chi connectivity index (χ1n) is 7.96. The molecule has 118 valence electrons. The van der Waals surface area contributed by atoms with Gasteiger partial charge >= 0.3 is 0 Å². The van der Waals surface area contributed by atoms with E-state index in [4.69, 9.17) is 4.74 Å². The zero-order valence-corrected chi connectivity index (χ0v) is 13.5. The highest BCUT2D eigenvalue weighted by molar-refractivity contribution is 5.33. The van der Waals surface area contributed by atoms with Crippen molar-refractivity contribution in [2.24, 2.45) is 0 Å². The molecule has 1 aliphatic heterocycles. The third-order valence-electron chi connectivity index (χ3n) is 4.35. The van der Waals surface area contributed by atoms with Crippen molar-refractivity contribution < 1.29 is 4.74 Å². The van der Waals surface area contributed by atoms with Crippen molar-refractivity contribution in [3.63, 3.8) is 0 Å². The summed E-state index contributed by atoms with van der Waals surface area (Å²) in [4.78, 5) is 0. The van der Waals surface area contributed by atoms with Gasteiger partial charge in [0.25, 0.3) is 0 Å². The van der Waals surface area contributed by atoms with E-state index in [0.29, 0.717) is 12.1 Å². The molecule has 0 unspecified atom stereocenters. The van der Waals surface area contributed by atoms with Crippen molar-refractivity contribution >= 4 is 0 Å². The minimum atomic E-state index is 0.291. The van der Waals surface area contributed by atoms with Crippen molar-refractivity contribution in [3.05, 3.63) is 41.5 Å². The van der Waals surface area contributed by atoms with Crippen LogP contribution in [0.1, 0.15) is 43.0 Å². The largest absolute Gasteiger partial charge is 0.496 e. The summed E-state index contributed by atoms with van der Waals surface area (Å²) in [6.45, 7) is 5.28. The molecule has 2 aromatic rings. The molecule has 5 heteroatoms. The Kier molecular flexibility index (Phi) is 4.43. The first-order valence-corrected chi connectivity index (χ1v) is 7.96. The van der Waals surface area contributed by atoms with Crippen LogP contribution in [0.4, 0.5) is 0 Å². The minimum absolute atomic E-state index is 0.291. The lowest BCUT2D eigenvalue weighted by Crippen LogP contribution is -2.36. The number of rotatable bonds is 5. The number of aromatic nitrogens is 3. The molecule has 22 heavy (non-hydrogen) atoms. The smallest absolute Gasteiger partial charge is 0.150 e. The summed E-state index contributed by atoms with van der Waals surface area (Å²) in [5.74, 6) is 3.05. The molecule has 5 nitrogen and oxygen atoms in total. The van der Waals surface area contributed by atoms with Gasteiger partial charge in [-0.25, -0.2) is 0 Å². The molecule has 3 rings (SSSR count). The van der Waals surface area contributed by atoms with Crippen LogP contribution in [-0.4, -0.2) is 27.9 Å². The molecule has 0 saturated heterocycles. The Morgan fingerprint density at radius 1 is 1.36 bits per heavy atom. The zero-order valence-electron chi connectivity index (χ0n) is 13.5. The molecular weight excluding hydrogens is 276 g/mol. The van der Waals surface area contributed by atoms with Crippen LogP contribution >= 0.6 is 0 Å². The predicted octanol–water partition coefficient (Wildman–Crippen LogP) is 2.65. The summed E-state index contributed by atoms with van der Waals surface area (Å²) >= 11 is 0. The van der Waals surface area contributed by atoms with Gasteiger partial charge in [-0.15, -0.1) is 10.2 Å². The molecule has 0 spiro atoms. The lowest BCUT2D eigenvalue weighted by Gasteiger charge is -2.27. The van der Waals surface area contributed by atoms with Gasteiger partial charge in [0.15, 0.2) is 0 Å². The number of hydrogen-bond donors (Lipinski definition) is 1. The summed E-state index contributed by atoms with van der Waals surface area (Å²) in [7, 11) is 1.73. The standard InChI is InChI=1S/C17H24N4O/c1-12(11-14-7-4-5-9-16(14)22-3)18-15-8-6-10-21-13(2)19-20-17(15)21/h4-5,7,9,12,15,18H,6,8,10-11H2,1-3H3/t12-,15+/m0/s1. The van der Waals surface area contributed by atoms with E-state index in [-0.39, 0.29) is 0 Å². The molecular formula is C17H24N4O. The average molecular weight is 300 g/mol. The van der Waals surface area contributed by atoms with Crippen LogP contribution in [0, 0.1) is 6.92 Å². The molecule has 2 atom stereocenters. The molecule has 2 heterocycles. The fourth-order valence-corrected chi connectivity index (χ4v) is 3.28. The number of methoxy groups -OCH3 is 1. The van der Waals surface area contributed by atoms with E-state index in [1.54, 1.807) is 7.11 Å². The van der Waals surface area contributed by atoms with Gasteiger partial charge in [-0.2, -0.15) is 0 Å². The Morgan fingerprint density at radius 2 is 2.18 bits per heavy atom. The lowest BCUT2D eigenvalue weighted by atomic mass is 10.0. The fraction of sp³-hybridized carbons (Fsp3) is 0.529. The number of hydrogen-bond acceptors (Lipinski definition) is 4. The van der Waals surface area contributed by atoms with Crippen molar-refractivity contribution in [1.29, 1.82) is 0 Å². The fourth-order valence-electron chi connectivity index (χ4n) is 3.28. The summed E-state index contributed by atoms with van der Waals surface area (Å²) in [6.07, 6.45) is 3.23. The SMILES string of the molecule is COc1ccccc1C[C@H](C)N[C@@H]1CCCn2c(C)nnc21. The molecule has 0 amide bonds. The summed E-state index contributed by atoms with van der Waals surface area (Å²) < 4.78 is 7.67. The van der Waals surface area contributed by atoms with Crippen LogP contribution in [0.2, 0.25) is 0 Å². The Hall–Kier alpha value is -1.88. The Morgan fingerprint density at radius 3 is 3.00 bits per heavy atom. The number of para-hydroxylation sites is 1. The monoisotopic (exact) mass is 300 g/mol. The zero-order chi connectivity index (χ0) is 15.5. The van der Waals surface area contributed by atoms with E-state index in [1.807, 2.05) is 19.1 Å². The van der Waals surface area contributed by atoms with E-state index in [9.17, 15) is 0 Å². The number of benzene rings is 1. The van der Waals surface area contributed by atoms with Crippen LogP contribution in [0.5, 0.6) is 5.75 Å². The normalized spacial score (nSPS) is 18.8. The van der Waals surface area contributed by atoms with Gasteiger partial charge in [-0.3, -0.25) is 0 Å². The van der Waals surface area contributed by atoms with Crippen molar-refractivity contribution in [1.82, 2.24) is 20.1 Å². The number of ether oxygens (including phenoxy) is 1. The summed E-state index contributed by atoms with van der Waals surface area (Å²) in [5.41, 5.74) is 1.23. The molecule has 1 aromatic heterocycles. The second kappa shape index (κ2) is 6.48. The second-order valence-corrected chi connectivity index (χ2v) is 6.04. The average Bonchev–Trinajstić information content (AvgIpc) is 2.90. The maximum atomic E-state index is 5.44. The first-order chi connectivity index (χ1) is 10.7. The Bertz CT molecular complexity index is 637. The summed E-state index contributed by atoms with van der Waals surface area (Å²) in [6, 6.07) is 8.86. The molecule has 0 fully saturated rings. The van der Waals surface area contributed by atoms with Crippen molar-refractivity contribution in [3.8, 4) is 5.75 Å². The highest BCUT2D eigenvalue weighted by Crippen LogP contribution is 2.25. The molecule has 1 aliphatic rings. The van der Waals surface area contributed by atoms with Gasteiger partial charge in [0.2, 0.25) is 0 Å². The number of fused-ring (bicyclic) bond motifs is 1. The number of aryl methyl sites for hydroxylation is 1. The first kappa shape index (κ1) is 15.0. The molecule has 1 N–H and O–H groups in total. The number of nitrogens with one attached hydrogen (secondary N) is 1. The van der Waals surface area contributed by atoms with E-state index >= 15 is 0 Å². The Balaban J connectivity index is 1.69. The molecule has 1 aromatic carbocycles. The number of nitrogens with zero attached hydrogens (tertiary/aromatic N) is 3. The van der Waals surface area contributed by atoms with Gasteiger partial charge in [-0.1, -0.05) is 18.2 Å². The minimum Gasteiger partial charge on any atom is -0.496 e. The second-order valence-electron chi connectivity index (χ2n) is 6.04. The van der Waals surface area contributed by atoms with Gasteiger partial charge in [0, 0.05) is 12.6 Å². The highest BCUT2D eigenvalue weighted by atomic mass is 16.5. The van der Waals surface area contributed by atoms with Crippen LogP contribution in [-0.2, 0) is 13.0 Å². The highest BCUT2D eigenvalue weighted by Gasteiger charge is 2.25. The molecule has 0 saturated carbocycles. The Labute approximate surface area is 131 Å². The van der Waals surface area contributed by atoms with Crippen LogP contribution in [0.15, 0.2) is 24.3 Å². The maximum absolute atomic E-state index is 5.44. The van der Waals surface area contributed by atoms with Gasteiger partial charge in [-0.05, 0) is 44.7 Å². The third-order valence-corrected chi connectivity index (χ3v) is 4.35. The van der Waals surface area contributed by atoms with Gasteiger partial charge in [0.05, 0.1) is 13.2 Å². The van der Waals surface area contributed by atoms with Crippen LogP contribution in [0.3, 0.4) is 0 Å². The van der Waals surface area contributed by atoms with Gasteiger partial charge in [0.1, 0.15) is 17.4 Å². The van der Waals surface area contributed by atoms with E-state index < -0.39 is 0 Å². The third kappa shape index (κ3) is 2.99. The lowest BCUT2D eigenvalue weighted by molar-refractivity contribution is 0.348. The van der Waals surface area contributed by atoms with E-state index in [1.165, 1.54) is 12.0 Å². The molecule has 0 aliphatic carbocycles. The quantitative estimate of drug-likeness (QED) is 0.922.